The molecule has 6 nitrogen and oxygen atoms in total. The van der Waals surface area contributed by atoms with Crippen LogP contribution in [0.15, 0.2) is 45.6 Å². The standard InChI is InChI=1S/C19H18ClN3O3/c1-11-16(19(25)23-12(2)22-11)9-18(24)21-10-15-7-8-17(26-15)13-3-5-14(20)6-4-13/h3-8H,9-10H2,1-2H3,(H,21,24)(H,22,23,25). The fourth-order valence-corrected chi connectivity index (χ4v) is 2.74. The third-order valence-corrected chi connectivity index (χ3v) is 4.18. The lowest BCUT2D eigenvalue weighted by atomic mass is 10.1. The molecule has 7 heteroatoms. The molecule has 0 spiro atoms. The molecule has 0 saturated heterocycles. The number of aryl methyl sites for hydroxylation is 2. The van der Waals surface area contributed by atoms with Gasteiger partial charge in [0.05, 0.1) is 13.0 Å². The van der Waals surface area contributed by atoms with Gasteiger partial charge in [0.25, 0.3) is 5.56 Å². The molecular weight excluding hydrogens is 354 g/mol. The van der Waals surface area contributed by atoms with Gasteiger partial charge in [-0.3, -0.25) is 9.59 Å². The van der Waals surface area contributed by atoms with Crippen LogP contribution in [0.4, 0.5) is 0 Å². The average molecular weight is 372 g/mol. The Morgan fingerprint density at radius 2 is 1.92 bits per heavy atom. The highest BCUT2D eigenvalue weighted by molar-refractivity contribution is 6.30. The molecule has 134 valence electrons. The summed E-state index contributed by atoms with van der Waals surface area (Å²) in [5, 5.41) is 3.41. The Morgan fingerprint density at radius 1 is 1.19 bits per heavy atom. The summed E-state index contributed by atoms with van der Waals surface area (Å²) in [6.45, 7) is 3.66. The van der Waals surface area contributed by atoms with E-state index >= 15 is 0 Å². The molecule has 0 aliphatic carbocycles. The highest BCUT2D eigenvalue weighted by Crippen LogP contribution is 2.23. The van der Waals surface area contributed by atoms with E-state index in [1.54, 1.807) is 32.0 Å². The van der Waals surface area contributed by atoms with E-state index < -0.39 is 0 Å². The lowest BCUT2D eigenvalue weighted by molar-refractivity contribution is -0.120. The second kappa shape index (κ2) is 7.58. The van der Waals surface area contributed by atoms with Gasteiger partial charge in [-0.2, -0.15) is 0 Å². The van der Waals surface area contributed by atoms with Crippen LogP contribution in [0.3, 0.4) is 0 Å². The lowest BCUT2D eigenvalue weighted by Gasteiger charge is -2.06. The normalized spacial score (nSPS) is 10.7. The van der Waals surface area contributed by atoms with E-state index in [1.807, 2.05) is 18.2 Å². The number of hydrogen-bond donors (Lipinski definition) is 2. The molecule has 1 aromatic carbocycles. The molecule has 0 aliphatic rings. The number of aromatic amines is 1. The molecule has 2 N–H and O–H groups in total. The second-order valence-corrected chi connectivity index (χ2v) is 6.38. The van der Waals surface area contributed by atoms with Crippen molar-refractivity contribution in [1.29, 1.82) is 0 Å². The predicted octanol–water partition coefficient (Wildman–Crippen LogP) is 3.16. The summed E-state index contributed by atoms with van der Waals surface area (Å²) in [4.78, 5) is 30.9. The van der Waals surface area contributed by atoms with E-state index in [9.17, 15) is 9.59 Å². The van der Waals surface area contributed by atoms with Crippen molar-refractivity contribution in [3.8, 4) is 11.3 Å². The summed E-state index contributed by atoms with van der Waals surface area (Å²) in [7, 11) is 0. The molecule has 1 amide bonds. The highest BCUT2D eigenvalue weighted by atomic mass is 35.5. The Hall–Kier alpha value is -2.86. The number of nitrogens with one attached hydrogen (secondary N) is 2. The van der Waals surface area contributed by atoms with E-state index in [4.69, 9.17) is 16.0 Å². The third kappa shape index (κ3) is 4.21. The van der Waals surface area contributed by atoms with Crippen LogP contribution in [0, 0.1) is 13.8 Å². The van der Waals surface area contributed by atoms with Crippen LogP contribution >= 0.6 is 11.6 Å². The van der Waals surface area contributed by atoms with Gasteiger partial charge in [0.1, 0.15) is 17.3 Å². The second-order valence-electron chi connectivity index (χ2n) is 5.94. The van der Waals surface area contributed by atoms with Crippen LogP contribution in [-0.4, -0.2) is 15.9 Å². The minimum atomic E-state index is -0.284. The molecule has 0 radical (unpaired) electrons. The van der Waals surface area contributed by atoms with Gasteiger partial charge in [-0.05, 0) is 50.2 Å². The van der Waals surface area contributed by atoms with Crippen LogP contribution < -0.4 is 10.9 Å². The van der Waals surface area contributed by atoms with Gasteiger partial charge in [0.2, 0.25) is 5.91 Å². The first-order valence-corrected chi connectivity index (χ1v) is 8.48. The van der Waals surface area contributed by atoms with Gasteiger partial charge in [-0.1, -0.05) is 11.6 Å². The van der Waals surface area contributed by atoms with Crippen LogP contribution in [0.2, 0.25) is 5.02 Å². The number of halogens is 1. The van der Waals surface area contributed by atoms with Crippen molar-refractivity contribution >= 4 is 17.5 Å². The number of carbonyl (C=O) groups excluding carboxylic acids is 1. The maximum Gasteiger partial charge on any atom is 0.254 e. The van der Waals surface area contributed by atoms with E-state index in [2.05, 4.69) is 15.3 Å². The van der Waals surface area contributed by atoms with Crippen molar-refractivity contribution in [2.45, 2.75) is 26.8 Å². The first-order valence-electron chi connectivity index (χ1n) is 8.10. The van der Waals surface area contributed by atoms with E-state index in [-0.39, 0.29) is 24.4 Å². The fourth-order valence-electron chi connectivity index (χ4n) is 2.61. The minimum Gasteiger partial charge on any atom is -0.459 e. The number of H-pyrrole nitrogens is 1. The summed E-state index contributed by atoms with van der Waals surface area (Å²) >= 11 is 5.88. The summed E-state index contributed by atoms with van der Waals surface area (Å²) in [6.07, 6.45) is -0.0286. The predicted molar refractivity (Wildman–Crippen MR) is 99.0 cm³/mol. The number of rotatable bonds is 5. The number of carbonyl (C=O) groups is 1. The molecule has 2 aromatic heterocycles. The van der Waals surface area contributed by atoms with Crippen LogP contribution in [0.25, 0.3) is 11.3 Å². The average Bonchev–Trinajstić information content (AvgIpc) is 3.06. The molecule has 0 saturated carbocycles. The van der Waals surface area contributed by atoms with E-state index in [1.165, 1.54) is 0 Å². The molecule has 2 heterocycles. The van der Waals surface area contributed by atoms with Crippen LogP contribution in [0.5, 0.6) is 0 Å². The fraction of sp³-hybridized carbons (Fsp3) is 0.211. The zero-order chi connectivity index (χ0) is 18.7. The number of aromatic nitrogens is 2. The Kier molecular flexibility index (Phi) is 5.23. The quantitative estimate of drug-likeness (QED) is 0.721. The number of hydrogen-bond acceptors (Lipinski definition) is 4. The monoisotopic (exact) mass is 371 g/mol. The van der Waals surface area contributed by atoms with Crippen molar-refractivity contribution in [2.75, 3.05) is 0 Å². The molecule has 0 aliphatic heterocycles. The summed E-state index contributed by atoms with van der Waals surface area (Å²) in [6, 6.07) is 10.9. The number of amides is 1. The summed E-state index contributed by atoms with van der Waals surface area (Å²) < 4.78 is 5.74. The van der Waals surface area contributed by atoms with Gasteiger partial charge in [-0.15, -0.1) is 0 Å². The van der Waals surface area contributed by atoms with E-state index in [0.717, 1.165) is 5.56 Å². The molecule has 0 atom stereocenters. The Balaban J connectivity index is 1.62. The molecule has 3 rings (SSSR count). The highest BCUT2D eigenvalue weighted by Gasteiger charge is 2.12. The van der Waals surface area contributed by atoms with Crippen LogP contribution in [-0.2, 0) is 17.8 Å². The smallest absolute Gasteiger partial charge is 0.254 e. The Labute approximate surface area is 155 Å². The first-order chi connectivity index (χ1) is 12.4. The van der Waals surface area contributed by atoms with Gasteiger partial charge >= 0.3 is 0 Å². The molecule has 3 aromatic rings. The molecule has 0 fully saturated rings. The zero-order valence-corrected chi connectivity index (χ0v) is 15.2. The maximum absolute atomic E-state index is 12.1. The van der Waals surface area contributed by atoms with Gasteiger partial charge in [-0.25, -0.2) is 4.98 Å². The number of furan rings is 1. The minimum absolute atomic E-state index is 0.0286. The van der Waals surface area contributed by atoms with Crippen molar-refractivity contribution < 1.29 is 9.21 Å². The van der Waals surface area contributed by atoms with Gasteiger partial charge in [0.15, 0.2) is 0 Å². The van der Waals surface area contributed by atoms with Gasteiger partial charge in [0, 0.05) is 21.8 Å². The van der Waals surface area contributed by atoms with E-state index in [0.29, 0.717) is 33.6 Å². The Bertz CT molecular complexity index is 990. The zero-order valence-electron chi connectivity index (χ0n) is 14.4. The van der Waals surface area contributed by atoms with Crippen LogP contribution in [0.1, 0.15) is 22.8 Å². The molecule has 0 bridgehead atoms. The van der Waals surface area contributed by atoms with Crippen molar-refractivity contribution in [2.24, 2.45) is 0 Å². The third-order valence-electron chi connectivity index (χ3n) is 3.93. The summed E-state index contributed by atoms with van der Waals surface area (Å²) in [5.74, 6) is 1.58. The lowest BCUT2D eigenvalue weighted by Crippen LogP contribution is -2.28. The van der Waals surface area contributed by atoms with Crippen molar-refractivity contribution in [3.05, 3.63) is 74.6 Å². The van der Waals surface area contributed by atoms with Crippen molar-refractivity contribution in [1.82, 2.24) is 15.3 Å². The van der Waals surface area contributed by atoms with Crippen molar-refractivity contribution in [3.63, 3.8) is 0 Å². The largest absolute Gasteiger partial charge is 0.459 e. The number of nitrogens with zero attached hydrogens (tertiary/aromatic N) is 1. The van der Waals surface area contributed by atoms with Gasteiger partial charge < -0.3 is 14.7 Å². The topological polar surface area (TPSA) is 88.0 Å². The Morgan fingerprint density at radius 3 is 2.62 bits per heavy atom. The molecular formula is C19H18ClN3O3. The number of benzene rings is 1. The maximum atomic E-state index is 12.1. The molecule has 26 heavy (non-hydrogen) atoms. The summed E-state index contributed by atoms with van der Waals surface area (Å²) in [5.41, 5.74) is 1.55. The molecule has 0 unspecified atom stereocenters. The SMILES string of the molecule is Cc1nc(C)c(CC(=O)NCc2ccc(-c3ccc(Cl)cc3)o2)c(=O)[nH]1. The first kappa shape index (κ1) is 17.9.